The SMILES string of the molecule is CCc1oc2ccc(N=c3n(N)c(=O)n(CC(CO)CON)c(=O)n3Cc3ccc(Cl)cc3)cc2c1C. The number of aryl methyl sites for hydroxylation is 2. The van der Waals surface area contributed by atoms with Crippen molar-refractivity contribution in [2.75, 3.05) is 19.1 Å². The van der Waals surface area contributed by atoms with Gasteiger partial charge in [-0.1, -0.05) is 30.7 Å². The second-order valence-electron chi connectivity index (χ2n) is 8.74. The summed E-state index contributed by atoms with van der Waals surface area (Å²) in [6.07, 6.45) is 0.749. The summed E-state index contributed by atoms with van der Waals surface area (Å²) in [4.78, 5) is 36.0. The normalized spacial score (nSPS) is 12.9. The fourth-order valence-corrected chi connectivity index (χ4v) is 4.31. The van der Waals surface area contributed by atoms with Crippen molar-refractivity contribution >= 4 is 28.3 Å². The van der Waals surface area contributed by atoms with Crippen LogP contribution < -0.4 is 28.7 Å². The van der Waals surface area contributed by atoms with Gasteiger partial charge in [0.1, 0.15) is 11.3 Å². The quantitative estimate of drug-likeness (QED) is 0.220. The van der Waals surface area contributed by atoms with E-state index in [-0.39, 0.29) is 31.9 Å². The molecule has 0 bridgehead atoms. The molecule has 0 spiro atoms. The molecule has 1 atom stereocenters. The van der Waals surface area contributed by atoms with Crippen LogP contribution in [0.5, 0.6) is 0 Å². The smallest absolute Gasteiger partial charge is 0.353 e. The number of rotatable bonds is 9. The molecular formula is C25H29ClN6O5. The minimum absolute atomic E-state index is 0.0481. The third-order valence-corrected chi connectivity index (χ3v) is 6.46. The minimum Gasteiger partial charge on any atom is -0.461 e. The molecule has 196 valence electrons. The lowest BCUT2D eigenvalue weighted by Gasteiger charge is -2.17. The van der Waals surface area contributed by atoms with E-state index < -0.39 is 17.3 Å². The van der Waals surface area contributed by atoms with Crippen LogP contribution in [0.4, 0.5) is 5.69 Å². The molecule has 5 N–H and O–H groups in total. The number of nitrogen functional groups attached to an aromatic ring is 1. The molecule has 11 nitrogen and oxygen atoms in total. The minimum atomic E-state index is -0.791. The largest absolute Gasteiger partial charge is 0.461 e. The molecule has 4 rings (SSSR count). The summed E-state index contributed by atoms with van der Waals surface area (Å²) < 4.78 is 8.93. The van der Waals surface area contributed by atoms with Gasteiger partial charge in [-0.3, -0.25) is 4.57 Å². The molecule has 12 heteroatoms. The Labute approximate surface area is 216 Å². The van der Waals surface area contributed by atoms with Gasteiger partial charge in [0.25, 0.3) is 0 Å². The molecule has 37 heavy (non-hydrogen) atoms. The molecule has 4 aromatic rings. The van der Waals surface area contributed by atoms with Crippen molar-refractivity contribution in [3.63, 3.8) is 0 Å². The standard InChI is InChI=1S/C25H29ClN6O5/c1-3-21-15(2)20-10-19(8-9-22(20)37-21)29-23-30(11-16-4-6-18(26)7-5-16)24(34)31(25(35)32(23)27)12-17(13-33)14-36-28/h4-10,17,33H,3,11-14,27-28H2,1-2H3. The topological polar surface area (TPSA) is 156 Å². The van der Waals surface area contributed by atoms with Crippen molar-refractivity contribution in [1.82, 2.24) is 13.8 Å². The number of furan rings is 1. The van der Waals surface area contributed by atoms with Crippen LogP contribution in [0, 0.1) is 12.8 Å². The van der Waals surface area contributed by atoms with E-state index in [4.69, 9.17) is 27.8 Å². The van der Waals surface area contributed by atoms with Crippen molar-refractivity contribution in [3.05, 3.63) is 91.0 Å². The van der Waals surface area contributed by atoms with Crippen LogP contribution in [-0.2, 0) is 24.3 Å². The van der Waals surface area contributed by atoms with Crippen LogP contribution in [0.1, 0.15) is 23.8 Å². The van der Waals surface area contributed by atoms with Gasteiger partial charge in [-0.15, -0.1) is 0 Å². The first-order valence-corrected chi connectivity index (χ1v) is 12.1. The lowest BCUT2D eigenvalue weighted by Crippen LogP contribution is -2.58. The monoisotopic (exact) mass is 528 g/mol. The van der Waals surface area contributed by atoms with E-state index in [0.717, 1.165) is 43.5 Å². The fraction of sp³-hybridized carbons (Fsp3) is 0.320. The second-order valence-corrected chi connectivity index (χ2v) is 9.17. The first kappa shape index (κ1) is 26.4. The average Bonchev–Trinajstić information content (AvgIpc) is 3.22. The maximum atomic E-state index is 13.6. The highest BCUT2D eigenvalue weighted by molar-refractivity contribution is 6.30. The Morgan fingerprint density at radius 3 is 2.51 bits per heavy atom. The molecular weight excluding hydrogens is 500 g/mol. The number of aliphatic hydroxyl groups is 1. The zero-order chi connectivity index (χ0) is 26.7. The molecule has 0 aliphatic carbocycles. The Balaban J connectivity index is 1.93. The van der Waals surface area contributed by atoms with Crippen LogP contribution >= 0.6 is 11.6 Å². The number of nitrogens with zero attached hydrogens (tertiary/aromatic N) is 4. The molecule has 0 radical (unpaired) electrons. The molecule has 0 fully saturated rings. The van der Waals surface area contributed by atoms with E-state index in [1.54, 1.807) is 36.4 Å². The maximum absolute atomic E-state index is 13.6. The molecule has 1 unspecified atom stereocenters. The summed E-state index contributed by atoms with van der Waals surface area (Å²) in [7, 11) is 0. The van der Waals surface area contributed by atoms with Crippen molar-refractivity contribution < 1.29 is 14.4 Å². The van der Waals surface area contributed by atoms with Gasteiger partial charge in [0.2, 0.25) is 5.62 Å². The van der Waals surface area contributed by atoms with E-state index in [1.807, 2.05) is 19.9 Å². The molecule has 2 aromatic carbocycles. The van der Waals surface area contributed by atoms with Gasteiger partial charge in [0.15, 0.2) is 0 Å². The maximum Gasteiger partial charge on any atom is 0.353 e. The number of fused-ring (bicyclic) bond motifs is 1. The summed E-state index contributed by atoms with van der Waals surface area (Å²) in [5.41, 5.74) is 1.47. The summed E-state index contributed by atoms with van der Waals surface area (Å²) >= 11 is 6.02. The predicted octanol–water partition coefficient (Wildman–Crippen LogP) is 1.58. The first-order valence-electron chi connectivity index (χ1n) is 11.7. The molecule has 0 aliphatic rings. The highest BCUT2D eigenvalue weighted by Crippen LogP contribution is 2.29. The Hall–Kier alpha value is -3.64. The van der Waals surface area contributed by atoms with E-state index in [2.05, 4.69) is 9.83 Å². The highest BCUT2D eigenvalue weighted by Gasteiger charge is 2.18. The molecule has 0 saturated heterocycles. The van der Waals surface area contributed by atoms with Gasteiger partial charge in [0.05, 0.1) is 18.8 Å². The van der Waals surface area contributed by atoms with Gasteiger partial charge in [-0.25, -0.2) is 25.0 Å². The Bertz CT molecular complexity index is 1600. The molecule has 2 aromatic heterocycles. The van der Waals surface area contributed by atoms with E-state index in [9.17, 15) is 14.7 Å². The Morgan fingerprint density at radius 2 is 1.86 bits per heavy atom. The van der Waals surface area contributed by atoms with E-state index >= 15 is 0 Å². The summed E-state index contributed by atoms with van der Waals surface area (Å²) in [6.45, 7) is 3.50. The van der Waals surface area contributed by atoms with Gasteiger partial charge >= 0.3 is 11.4 Å². The van der Waals surface area contributed by atoms with Crippen LogP contribution in [0.15, 0.2) is 61.5 Å². The van der Waals surface area contributed by atoms with Crippen molar-refractivity contribution in [2.24, 2.45) is 16.8 Å². The number of hydrogen-bond acceptors (Lipinski definition) is 8. The number of aromatic nitrogens is 3. The number of hydrogen-bond donors (Lipinski definition) is 3. The summed E-state index contributed by atoms with van der Waals surface area (Å²) in [5.74, 6) is 11.6. The molecule has 0 saturated carbocycles. The Morgan fingerprint density at radius 1 is 1.14 bits per heavy atom. The number of aliphatic hydroxyl groups excluding tert-OH is 1. The number of benzene rings is 2. The fourth-order valence-electron chi connectivity index (χ4n) is 4.18. The van der Waals surface area contributed by atoms with Gasteiger partial charge in [-0.2, -0.15) is 4.68 Å². The molecule has 0 amide bonds. The van der Waals surface area contributed by atoms with Gasteiger partial charge in [-0.05, 0) is 48.4 Å². The van der Waals surface area contributed by atoms with E-state index in [0.29, 0.717) is 10.7 Å². The number of nitrogens with two attached hydrogens (primary N) is 2. The van der Waals surface area contributed by atoms with Crippen LogP contribution in [0.3, 0.4) is 0 Å². The number of halogens is 1. The van der Waals surface area contributed by atoms with Gasteiger partial charge in [0, 0.05) is 35.9 Å². The zero-order valence-electron chi connectivity index (χ0n) is 20.6. The second kappa shape index (κ2) is 11.2. The average molecular weight is 529 g/mol. The Kier molecular flexibility index (Phi) is 7.98. The first-order chi connectivity index (χ1) is 17.8. The third kappa shape index (κ3) is 5.39. The zero-order valence-corrected chi connectivity index (χ0v) is 21.3. The van der Waals surface area contributed by atoms with Crippen molar-refractivity contribution in [2.45, 2.75) is 33.4 Å². The van der Waals surface area contributed by atoms with Crippen molar-refractivity contribution in [1.29, 1.82) is 0 Å². The molecule has 2 heterocycles. The summed E-state index contributed by atoms with van der Waals surface area (Å²) in [5, 5.41) is 11.1. The molecule has 0 aliphatic heterocycles. The lowest BCUT2D eigenvalue weighted by atomic mass is 10.1. The third-order valence-electron chi connectivity index (χ3n) is 6.21. The predicted molar refractivity (Wildman–Crippen MR) is 140 cm³/mol. The van der Waals surface area contributed by atoms with Crippen LogP contribution in [0.2, 0.25) is 5.02 Å². The van der Waals surface area contributed by atoms with E-state index in [1.165, 1.54) is 4.57 Å². The van der Waals surface area contributed by atoms with Crippen LogP contribution in [-0.4, -0.2) is 32.1 Å². The van der Waals surface area contributed by atoms with Crippen molar-refractivity contribution in [3.8, 4) is 0 Å². The van der Waals surface area contributed by atoms with Gasteiger partial charge < -0.3 is 20.2 Å². The highest BCUT2D eigenvalue weighted by atomic mass is 35.5. The lowest BCUT2D eigenvalue weighted by molar-refractivity contribution is 0.0645. The summed E-state index contributed by atoms with van der Waals surface area (Å²) in [6, 6.07) is 12.3. The van der Waals surface area contributed by atoms with Crippen LogP contribution in [0.25, 0.3) is 11.0 Å².